The molecule has 28 heavy (non-hydrogen) atoms. The minimum absolute atomic E-state index is 0.0739. The smallest absolute Gasteiger partial charge is 0.252 e. The SMILES string of the molecule is COc1cc2[nH]c(=O)c(CN3CCCC(N(C)C)CC3)cc2c(OC)c1OC. The first-order chi connectivity index (χ1) is 13.5. The number of rotatable bonds is 6. The number of benzene rings is 1. The van der Waals surface area contributed by atoms with Crippen LogP contribution >= 0.6 is 0 Å². The van der Waals surface area contributed by atoms with E-state index in [9.17, 15) is 4.79 Å². The number of aromatic amines is 1. The summed E-state index contributed by atoms with van der Waals surface area (Å²) in [6.07, 6.45) is 3.46. The summed E-state index contributed by atoms with van der Waals surface area (Å²) in [5.74, 6) is 1.62. The molecule has 2 aromatic rings. The number of nitrogens with one attached hydrogen (secondary N) is 1. The maximum Gasteiger partial charge on any atom is 0.252 e. The highest BCUT2D eigenvalue weighted by Crippen LogP contribution is 2.42. The Labute approximate surface area is 166 Å². The molecule has 1 fully saturated rings. The minimum Gasteiger partial charge on any atom is -0.493 e. The predicted molar refractivity (Wildman–Crippen MR) is 111 cm³/mol. The number of fused-ring (bicyclic) bond motifs is 1. The summed E-state index contributed by atoms with van der Waals surface area (Å²) < 4.78 is 16.5. The van der Waals surface area contributed by atoms with Gasteiger partial charge in [-0.1, -0.05) is 0 Å². The zero-order valence-corrected chi connectivity index (χ0v) is 17.5. The Kier molecular flexibility index (Phi) is 6.46. The fourth-order valence-electron chi connectivity index (χ4n) is 4.04. The molecule has 1 aromatic heterocycles. The van der Waals surface area contributed by atoms with Crippen LogP contribution in [0.4, 0.5) is 0 Å². The van der Waals surface area contributed by atoms with Crippen molar-refractivity contribution in [2.45, 2.75) is 31.8 Å². The molecule has 0 aliphatic carbocycles. The highest BCUT2D eigenvalue weighted by Gasteiger charge is 2.21. The summed E-state index contributed by atoms with van der Waals surface area (Å²) in [6.45, 7) is 2.62. The summed E-state index contributed by atoms with van der Waals surface area (Å²) in [5, 5.41) is 0.815. The van der Waals surface area contributed by atoms with E-state index in [0.29, 0.717) is 35.4 Å². The molecular formula is C21H31N3O4. The number of ether oxygens (including phenoxy) is 3. The zero-order chi connectivity index (χ0) is 20.3. The molecule has 1 saturated heterocycles. The third-order valence-corrected chi connectivity index (χ3v) is 5.64. The summed E-state index contributed by atoms with van der Waals surface area (Å²) in [5.41, 5.74) is 1.34. The molecule has 154 valence electrons. The second-order valence-corrected chi connectivity index (χ2v) is 7.55. The van der Waals surface area contributed by atoms with E-state index in [-0.39, 0.29) is 5.56 Å². The molecule has 1 atom stereocenters. The summed E-state index contributed by atoms with van der Waals surface area (Å²) in [7, 11) is 9.02. The number of hydrogen-bond acceptors (Lipinski definition) is 6. The fraction of sp³-hybridized carbons (Fsp3) is 0.571. The first-order valence-electron chi connectivity index (χ1n) is 9.72. The van der Waals surface area contributed by atoms with Gasteiger partial charge >= 0.3 is 0 Å². The monoisotopic (exact) mass is 389 g/mol. The Morgan fingerprint density at radius 3 is 2.46 bits per heavy atom. The molecule has 1 aromatic carbocycles. The topological polar surface area (TPSA) is 67.0 Å². The molecule has 7 nitrogen and oxygen atoms in total. The van der Waals surface area contributed by atoms with Crippen LogP contribution in [0.2, 0.25) is 0 Å². The molecule has 1 unspecified atom stereocenters. The molecule has 0 saturated carbocycles. The molecule has 0 spiro atoms. The molecule has 1 aliphatic rings. The lowest BCUT2D eigenvalue weighted by atomic mass is 10.1. The molecule has 1 N–H and O–H groups in total. The number of likely N-dealkylation sites (tertiary alicyclic amines) is 1. The third kappa shape index (κ3) is 4.10. The summed E-state index contributed by atoms with van der Waals surface area (Å²) >= 11 is 0. The van der Waals surface area contributed by atoms with Gasteiger partial charge in [-0.2, -0.15) is 0 Å². The van der Waals surface area contributed by atoms with Gasteiger partial charge in [0.05, 0.1) is 26.8 Å². The van der Waals surface area contributed by atoms with E-state index in [1.165, 1.54) is 6.42 Å². The Hall–Kier alpha value is -2.25. The predicted octanol–water partition coefficient (Wildman–Crippen LogP) is 2.47. The quantitative estimate of drug-likeness (QED) is 0.819. The van der Waals surface area contributed by atoms with Crippen LogP contribution in [-0.2, 0) is 6.54 Å². The number of H-pyrrole nitrogens is 1. The van der Waals surface area contributed by atoms with E-state index >= 15 is 0 Å². The lowest BCUT2D eigenvalue weighted by molar-refractivity contribution is 0.245. The van der Waals surface area contributed by atoms with Crippen molar-refractivity contribution in [2.75, 3.05) is 48.5 Å². The van der Waals surface area contributed by atoms with Gasteiger partial charge in [0.2, 0.25) is 5.75 Å². The van der Waals surface area contributed by atoms with Crippen LogP contribution in [-0.4, -0.2) is 69.3 Å². The largest absolute Gasteiger partial charge is 0.493 e. The molecule has 2 heterocycles. The number of nitrogens with zero attached hydrogens (tertiary/aromatic N) is 2. The highest BCUT2D eigenvalue weighted by molar-refractivity contribution is 5.90. The van der Waals surface area contributed by atoms with E-state index in [4.69, 9.17) is 14.2 Å². The third-order valence-electron chi connectivity index (χ3n) is 5.64. The zero-order valence-electron chi connectivity index (χ0n) is 17.5. The average Bonchev–Trinajstić information content (AvgIpc) is 2.92. The number of methoxy groups -OCH3 is 3. The van der Waals surface area contributed by atoms with Crippen LogP contribution in [0.3, 0.4) is 0 Å². The van der Waals surface area contributed by atoms with E-state index in [0.717, 1.165) is 36.9 Å². The lowest BCUT2D eigenvalue weighted by Gasteiger charge is -2.23. The minimum atomic E-state index is -0.0739. The van der Waals surface area contributed by atoms with Gasteiger partial charge < -0.3 is 24.1 Å². The summed E-state index contributed by atoms with van der Waals surface area (Å²) in [4.78, 5) is 20.4. The molecule has 3 rings (SSSR count). The molecular weight excluding hydrogens is 358 g/mol. The molecule has 7 heteroatoms. The van der Waals surface area contributed by atoms with Gasteiger partial charge in [0.25, 0.3) is 5.56 Å². The Balaban J connectivity index is 1.94. The standard InChI is InChI=1S/C21H31N3O4/c1-23(2)15-7-6-9-24(10-8-15)13-14-11-16-17(22-21(14)25)12-18(26-3)20(28-5)19(16)27-4/h11-12,15H,6-10,13H2,1-5H3,(H,22,25). The van der Waals surface area contributed by atoms with Crippen LogP contribution in [0.15, 0.2) is 16.9 Å². The Morgan fingerprint density at radius 1 is 1.07 bits per heavy atom. The first-order valence-corrected chi connectivity index (χ1v) is 9.72. The van der Waals surface area contributed by atoms with E-state index < -0.39 is 0 Å². The van der Waals surface area contributed by atoms with Crippen LogP contribution in [0.25, 0.3) is 10.9 Å². The first kappa shape index (κ1) is 20.5. The van der Waals surface area contributed by atoms with E-state index in [1.807, 2.05) is 6.07 Å². The van der Waals surface area contributed by atoms with Gasteiger partial charge in [0.15, 0.2) is 11.5 Å². The molecule has 1 aliphatic heterocycles. The van der Waals surface area contributed by atoms with Gasteiger partial charge in [-0.3, -0.25) is 9.69 Å². The lowest BCUT2D eigenvalue weighted by Crippen LogP contribution is -2.31. The Morgan fingerprint density at radius 2 is 1.82 bits per heavy atom. The molecule has 0 bridgehead atoms. The van der Waals surface area contributed by atoms with Crippen LogP contribution < -0.4 is 19.8 Å². The number of pyridine rings is 1. The summed E-state index contributed by atoms with van der Waals surface area (Å²) in [6, 6.07) is 4.30. The second-order valence-electron chi connectivity index (χ2n) is 7.55. The van der Waals surface area contributed by atoms with Crippen molar-refractivity contribution in [3.63, 3.8) is 0 Å². The van der Waals surface area contributed by atoms with E-state index in [1.54, 1.807) is 27.4 Å². The van der Waals surface area contributed by atoms with Crippen molar-refractivity contribution in [3.05, 3.63) is 28.0 Å². The van der Waals surface area contributed by atoms with Crippen molar-refractivity contribution in [2.24, 2.45) is 0 Å². The van der Waals surface area contributed by atoms with Crippen LogP contribution in [0, 0.1) is 0 Å². The number of hydrogen-bond donors (Lipinski definition) is 1. The second kappa shape index (κ2) is 8.84. The van der Waals surface area contributed by atoms with Crippen molar-refractivity contribution in [1.29, 1.82) is 0 Å². The fourth-order valence-corrected chi connectivity index (χ4v) is 4.04. The number of aromatic nitrogens is 1. The molecule has 0 amide bonds. The van der Waals surface area contributed by atoms with Crippen molar-refractivity contribution in [1.82, 2.24) is 14.8 Å². The Bertz CT molecular complexity index is 878. The van der Waals surface area contributed by atoms with Gasteiger partial charge in [0, 0.05) is 29.6 Å². The van der Waals surface area contributed by atoms with Crippen LogP contribution in [0.1, 0.15) is 24.8 Å². The van der Waals surface area contributed by atoms with Crippen molar-refractivity contribution < 1.29 is 14.2 Å². The normalized spacial score (nSPS) is 18.3. The van der Waals surface area contributed by atoms with E-state index in [2.05, 4.69) is 28.9 Å². The van der Waals surface area contributed by atoms with Gasteiger partial charge in [-0.15, -0.1) is 0 Å². The van der Waals surface area contributed by atoms with Crippen LogP contribution in [0.5, 0.6) is 17.2 Å². The maximum atomic E-state index is 12.7. The highest BCUT2D eigenvalue weighted by atomic mass is 16.5. The molecule has 0 radical (unpaired) electrons. The van der Waals surface area contributed by atoms with Crippen molar-refractivity contribution >= 4 is 10.9 Å². The van der Waals surface area contributed by atoms with Crippen molar-refractivity contribution in [3.8, 4) is 17.2 Å². The van der Waals surface area contributed by atoms with Gasteiger partial charge in [-0.25, -0.2) is 0 Å². The maximum absolute atomic E-state index is 12.7. The average molecular weight is 389 g/mol. The van der Waals surface area contributed by atoms with Gasteiger partial charge in [-0.05, 0) is 52.5 Å². The van der Waals surface area contributed by atoms with Gasteiger partial charge in [0.1, 0.15) is 0 Å².